The number of hydrogen-bond acceptors (Lipinski definition) is 4. The van der Waals surface area contributed by atoms with Crippen LogP contribution < -0.4 is 16.0 Å². The molecule has 0 spiro atoms. The maximum Gasteiger partial charge on any atom is 0.252 e. The smallest absolute Gasteiger partial charge is 0.252 e. The molecule has 0 aliphatic carbocycles. The summed E-state index contributed by atoms with van der Waals surface area (Å²) in [7, 11) is 3.57. The Morgan fingerprint density at radius 1 is 1.38 bits per heavy atom. The first-order chi connectivity index (χ1) is 9.99. The van der Waals surface area contributed by atoms with E-state index in [9.17, 15) is 9.18 Å². The van der Waals surface area contributed by atoms with Crippen LogP contribution in [0, 0.1) is 5.82 Å². The number of amides is 1. The van der Waals surface area contributed by atoms with Crippen molar-refractivity contribution >= 4 is 17.3 Å². The topological polar surface area (TPSA) is 71.2 Å². The fraction of sp³-hybridized carbons (Fsp3) is 0.200. The molecule has 1 heterocycles. The van der Waals surface area contributed by atoms with E-state index in [0.717, 1.165) is 5.56 Å². The SMILES string of the molecule is CN(C)c1ccc(CNc2ccncc2C(N)=O)cc1F. The Morgan fingerprint density at radius 3 is 2.76 bits per heavy atom. The molecule has 6 heteroatoms. The fourth-order valence-corrected chi connectivity index (χ4v) is 1.97. The average Bonchev–Trinajstić information content (AvgIpc) is 2.45. The van der Waals surface area contributed by atoms with E-state index in [1.807, 2.05) is 6.07 Å². The molecule has 1 aromatic carbocycles. The Hall–Kier alpha value is -2.63. The summed E-state index contributed by atoms with van der Waals surface area (Å²) in [6, 6.07) is 6.67. The van der Waals surface area contributed by atoms with E-state index in [2.05, 4.69) is 10.3 Å². The van der Waals surface area contributed by atoms with E-state index in [1.165, 1.54) is 12.3 Å². The van der Waals surface area contributed by atoms with Crippen LogP contribution in [0.3, 0.4) is 0 Å². The zero-order valence-electron chi connectivity index (χ0n) is 11.9. The lowest BCUT2D eigenvalue weighted by Gasteiger charge is -2.15. The molecule has 2 aromatic rings. The van der Waals surface area contributed by atoms with Crippen LogP contribution in [-0.4, -0.2) is 25.0 Å². The molecule has 0 radical (unpaired) electrons. The van der Waals surface area contributed by atoms with E-state index in [-0.39, 0.29) is 5.82 Å². The van der Waals surface area contributed by atoms with Crippen molar-refractivity contribution in [3.05, 3.63) is 53.6 Å². The van der Waals surface area contributed by atoms with Crippen molar-refractivity contribution < 1.29 is 9.18 Å². The number of carbonyl (C=O) groups is 1. The van der Waals surface area contributed by atoms with Crippen LogP contribution in [0.2, 0.25) is 0 Å². The van der Waals surface area contributed by atoms with E-state index in [0.29, 0.717) is 23.5 Å². The van der Waals surface area contributed by atoms with Crippen molar-refractivity contribution in [1.29, 1.82) is 0 Å². The number of primary amides is 1. The van der Waals surface area contributed by atoms with Crippen LogP contribution >= 0.6 is 0 Å². The lowest BCUT2D eigenvalue weighted by Crippen LogP contribution is -2.15. The van der Waals surface area contributed by atoms with Gasteiger partial charge in [0.05, 0.1) is 16.9 Å². The van der Waals surface area contributed by atoms with Gasteiger partial charge in [-0.2, -0.15) is 0 Å². The number of rotatable bonds is 5. The minimum Gasteiger partial charge on any atom is -0.380 e. The van der Waals surface area contributed by atoms with Gasteiger partial charge in [0.1, 0.15) is 5.82 Å². The molecule has 5 nitrogen and oxygen atoms in total. The number of nitrogens with one attached hydrogen (secondary N) is 1. The van der Waals surface area contributed by atoms with E-state index in [4.69, 9.17) is 5.73 Å². The first-order valence-electron chi connectivity index (χ1n) is 6.42. The Kier molecular flexibility index (Phi) is 4.37. The first kappa shape index (κ1) is 14.8. The second-order valence-electron chi connectivity index (χ2n) is 4.82. The number of halogens is 1. The summed E-state index contributed by atoms with van der Waals surface area (Å²) < 4.78 is 13.9. The number of hydrogen-bond donors (Lipinski definition) is 2. The minimum atomic E-state index is -0.556. The number of pyridine rings is 1. The summed E-state index contributed by atoms with van der Waals surface area (Å²) in [5.41, 5.74) is 7.46. The maximum absolute atomic E-state index is 13.9. The Labute approximate surface area is 122 Å². The quantitative estimate of drug-likeness (QED) is 0.882. The second kappa shape index (κ2) is 6.21. The van der Waals surface area contributed by atoms with Gasteiger partial charge in [-0.3, -0.25) is 9.78 Å². The van der Waals surface area contributed by atoms with Gasteiger partial charge >= 0.3 is 0 Å². The van der Waals surface area contributed by atoms with Crippen LogP contribution in [0.25, 0.3) is 0 Å². The number of aromatic nitrogens is 1. The molecule has 1 aromatic heterocycles. The summed E-state index contributed by atoms with van der Waals surface area (Å²) in [4.78, 5) is 16.9. The Morgan fingerprint density at radius 2 is 2.14 bits per heavy atom. The van der Waals surface area contributed by atoms with Gasteiger partial charge in [-0.15, -0.1) is 0 Å². The summed E-state index contributed by atoms with van der Waals surface area (Å²) in [5.74, 6) is -0.844. The minimum absolute atomic E-state index is 0.288. The third-order valence-corrected chi connectivity index (χ3v) is 3.06. The summed E-state index contributed by atoms with van der Waals surface area (Å²) in [6.07, 6.45) is 2.96. The van der Waals surface area contributed by atoms with E-state index >= 15 is 0 Å². The Balaban J connectivity index is 2.14. The van der Waals surface area contributed by atoms with Gasteiger partial charge in [-0.05, 0) is 23.8 Å². The molecule has 0 atom stereocenters. The van der Waals surface area contributed by atoms with Crippen LogP contribution in [-0.2, 0) is 6.54 Å². The standard InChI is InChI=1S/C15H17FN4O/c1-20(2)14-4-3-10(7-12(14)16)8-19-13-5-6-18-9-11(13)15(17)21/h3-7,9H,8H2,1-2H3,(H2,17,21)(H,18,19). The number of nitrogens with zero attached hydrogens (tertiary/aromatic N) is 2. The monoisotopic (exact) mass is 288 g/mol. The van der Waals surface area contributed by atoms with Gasteiger partial charge in [0.15, 0.2) is 0 Å². The summed E-state index contributed by atoms with van der Waals surface area (Å²) in [6.45, 7) is 0.384. The predicted molar refractivity (Wildman–Crippen MR) is 80.8 cm³/mol. The van der Waals surface area contributed by atoms with Gasteiger partial charge in [-0.1, -0.05) is 6.07 Å². The van der Waals surface area contributed by atoms with Crippen LogP contribution in [0.1, 0.15) is 15.9 Å². The second-order valence-corrected chi connectivity index (χ2v) is 4.82. The van der Waals surface area contributed by atoms with Crippen molar-refractivity contribution in [1.82, 2.24) is 4.98 Å². The molecule has 0 fully saturated rings. The molecule has 0 aliphatic rings. The van der Waals surface area contributed by atoms with E-state index < -0.39 is 5.91 Å². The summed E-state index contributed by atoms with van der Waals surface area (Å²) in [5, 5.41) is 3.07. The highest BCUT2D eigenvalue weighted by atomic mass is 19.1. The van der Waals surface area contributed by atoms with Crippen LogP contribution in [0.4, 0.5) is 15.8 Å². The molecule has 0 saturated heterocycles. The number of nitrogens with two attached hydrogens (primary N) is 1. The predicted octanol–water partition coefficient (Wildman–Crippen LogP) is 2.00. The molecular formula is C15H17FN4O. The number of anilines is 2. The maximum atomic E-state index is 13.9. The molecule has 0 bridgehead atoms. The third kappa shape index (κ3) is 3.47. The van der Waals surface area contributed by atoms with Crippen LogP contribution in [0.15, 0.2) is 36.7 Å². The van der Waals surface area contributed by atoms with Crippen molar-refractivity contribution in [2.45, 2.75) is 6.54 Å². The molecule has 1 amide bonds. The lowest BCUT2D eigenvalue weighted by molar-refractivity contribution is 0.100. The molecule has 0 aliphatic heterocycles. The van der Waals surface area contributed by atoms with Gasteiger partial charge in [-0.25, -0.2) is 4.39 Å². The fourth-order valence-electron chi connectivity index (χ4n) is 1.97. The third-order valence-electron chi connectivity index (χ3n) is 3.06. The van der Waals surface area contributed by atoms with Gasteiger partial charge in [0.2, 0.25) is 0 Å². The van der Waals surface area contributed by atoms with Crippen molar-refractivity contribution in [3.8, 4) is 0 Å². The molecular weight excluding hydrogens is 271 g/mol. The van der Waals surface area contributed by atoms with Crippen molar-refractivity contribution in [2.24, 2.45) is 5.73 Å². The molecule has 110 valence electrons. The normalized spacial score (nSPS) is 10.2. The largest absolute Gasteiger partial charge is 0.380 e. The highest BCUT2D eigenvalue weighted by molar-refractivity contribution is 5.98. The van der Waals surface area contributed by atoms with Gasteiger partial charge in [0, 0.05) is 33.0 Å². The molecule has 2 rings (SSSR count). The first-order valence-corrected chi connectivity index (χ1v) is 6.42. The molecule has 0 unspecified atom stereocenters. The molecule has 0 saturated carbocycles. The van der Waals surface area contributed by atoms with Crippen molar-refractivity contribution in [3.63, 3.8) is 0 Å². The van der Waals surface area contributed by atoms with E-state index in [1.54, 1.807) is 37.3 Å². The van der Waals surface area contributed by atoms with Gasteiger partial charge in [0.25, 0.3) is 5.91 Å². The Bertz CT molecular complexity index is 658. The van der Waals surface area contributed by atoms with Crippen LogP contribution in [0.5, 0.6) is 0 Å². The van der Waals surface area contributed by atoms with Gasteiger partial charge < -0.3 is 16.0 Å². The average molecular weight is 288 g/mol. The number of benzene rings is 1. The molecule has 21 heavy (non-hydrogen) atoms. The zero-order valence-corrected chi connectivity index (χ0v) is 11.9. The highest BCUT2D eigenvalue weighted by Gasteiger charge is 2.09. The highest BCUT2D eigenvalue weighted by Crippen LogP contribution is 2.20. The summed E-state index contributed by atoms with van der Waals surface area (Å²) >= 11 is 0. The van der Waals surface area contributed by atoms with Crippen molar-refractivity contribution in [2.75, 3.05) is 24.3 Å². The zero-order chi connectivity index (χ0) is 15.4. The lowest BCUT2D eigenvalue weighted by atomic mass is 10.1. The molecule has 3 N–H and O–H groups in total. The number of carbonyl (C=O) groups excluding carboxylic acids is 1.